The zero-order valence-corrected chi connectivity index (χ0v) is 29.3. The molecule has 49 heavy (non-hydrogen) atoms. The monoisotopic (exact) mass is 669 g/mol. The molecule has 8 heteroatoms. The third-order valence-corrected chi connectivity index (χ3v) is 11.5. The highest BCUT2D eigenvalue weighted by Crippen LogP contribution is 2.40. The Morgan fingerprint density at radius 2 is 1.84 bits per heavy atom. The molecule has 0 amide bonds. The van der Waals surface area contributed by atoms with Crippen molar-refractivity contribution in [2.45, 2.75) is 83.0 Å². The number of phenolic OH excluding ortho intramolecular Hbond substituents is 1. The van der Waals surface area contributed by atoms with E-state index in [2.05, 4.69) is 52.0 Å². The first-order valence-corrected chi connectivity index (χ1v) is 18.8. The number of aromatic amines is 1. The fourth-order valence-electron chi connectivity index (χ4n) is 8.72. The summed E-state index contributed by atoms with van der Waals surface area (Å²) in [4.78, 5) is 14.4. The number of piperidine rings is 3. The highest BCUT2D eigenvalue weighted by atomic mass is 16.5. The normalized spacial score (nSPS) is 24.2. The first-order chi connectivity index (χ1) is 23.9. The second kappa shape index (κ2) is 17.0. The summed E-state index contributed by atoms with van der Waals surface area (Å²) in [6.45, 7) is 8.86. The van der Waals surface area contributed by atoms with Crippen LogP contribution in [-0.4, -0.2) is 77.9 Å². The average molecular weight is 670 g/mol. The predicted octanol–water partition coefficient (Wildman–Crippen LogP) is 6.11. The third-order valence-electron chi connectivity index (χ3n) is 11.5. The number of hydrogen-bond donors (Lipinski definition) is 5. The van der Waals surface area contributed by atoms with Crippen molar-refractivity contribution in [3.05, 3.63) is 100 Å². The summed E-state index contributed by atoms with van der Waals surface area (Å²) in [5, 5.41) is 29.0. The van der Waals surface area contributed by atoms with Crippen LogP contribution in [0.4, 0.5) is 0 Å². The molecule has 4 aliphatic rings. The molecule has 5 N–H and O–H groups in total. The first kappa shape index (κ1) is 35.4. The van der Waals surface area contributed by atoms with E-state index in [-0.39, 0.29) is 11.3 Å². The summed E-state index contributed by atoms with van der Waals surface area (Å²) in [6.07, 6.45) is 16.0. The summed E-state index contributed by atoms with van der Waals surface area (Å²) < 4.78 is 7.93. The molecule has 3 aliphatic heterocycles. The molecule has 2 aromatic carbocycles. The summed E-state index contributed by atoms with van der Waals surface area (Å²) in [7, 11) is 0. The van der Waals surface area contributed by atoms with Gasteiger partial charge < -0.3 is 35.1 Å². The van der Waals surface area contributed by atoms with Crippen LogP contribution in [0.25, 0.3) is 10.9 Å². The topological polar surface area (TPSA) is 107 Å². The maximum atomic E-state index is 11.7. The van der Waals surface area contributed by atoms with Crippen LogP contribution >= 0.6 is 0 Å². The molecular weight excluding hydrogens is 612 g/mol. The van der Waals surface area contributed by atoms with E-state index >= 15 is 0 Å². The van der Waals surface area contributed by atoms with Gasteiger partial charge >= 0.3 is 0 Å². The molecule has 3 unspecified atom stereocenters. The Morgan fingerprint density at radius 3 is 2.61 bits per heavy atom. The van der Waals surface area contributed by atoms with E-state index in [1.807, 2.05) is 25.1 Å². The van der Waals surface area contributed by atoms with Gasteiger partial charge in [-0.2, -0.15) is 0 Å². The molecule has 4 fully saturated rings. The van der Waals surface area contributed by atoms with Gasteiger partial charge in [-0.05, 0) is 81.0 Å². The van der Waals surface area contributed by atoms with Crippen LogP contribution in [0.15, 0.2) is 83.3 Å². The fourth-order valence-corrected chi connectivity index (χ4v) is 8.72. The van der Waals surface area contributed by atoms with Gasteiger partial charge in [-0.15, -0.1) is 0 Å². The van der Waals surface area contributed by atoms with E-state index in [4.69, 9.17) is 4.74 Å². The number of aliphatic hydroxyl groups is 1. The second-order valence-corrected chi connectivity index (χ2v) is 14.7. The van der Waals surface area contributed by atoms with E-state index in [9.17, 15) is 15.0 Å². The van der Waals surface area contributed by atoms with Gasteiger partial charge in [0.1, 0.15) is 24.6 Å². The van der Waals surface area contributed by atoms with Crippen molar-refractivity contribution in [1.29, 1.82) is 0 Å². The highest BCUT2D eigenvalue weighted by molar-refractivity contribution is 5.87. The van der Waals surface area contributed by atoms with Gasteiger partial charge in [0, 0.05) is 48.2 Å². The number of quaternary nitrogens is 1. The number of benzene rings is 2. The number of nitrogens with zero attached hydrogens (tertiary/aromatic N) is 1. The summed E-state index contributed by atoms with van der Waals surface area (Å²) in [5.41, 5.74) is 3.73. The van der Waals surface area contributed by atoms with Crippen molar-refractivity contribution in [2.24, 2.45) is 11.8 Å². The number of aromatic nitrogens is 1. The van der Waals surface area contributed by atoms with E-state index in [1.54, 1.807) is 12.1 Å². The minimum absolute atomic E-state index is 0.0886. The van der Waals surface area contributed by atoms with Crippen LogP contribution < -0.4 is 16.2 Å². The number of aliphatic hydroxyl groups excluding tert-OH is 1. The molecule has 1 aliphatic carbocycles. The molecule has 3 aromatic rings. The van der Waals surface area contributed by atoms with Crippen LogP contribution in [0.1, 0.15) is 75.3 Å². The molecule has 0 radical (unpaired) electrons. The second-order valence-electron chi connectivity index (χ2n) is 14.7. The zero-order valence-electron chi connectivity index (χ0n) is 29.3. The van der Waals surface area contributed by atoms with Crippen molar-refractivity contribution in [3.63, 3.8) is 0 Å². The molecule has 1 saturated carbocycles. The van der Waals surface area contributed by atoms with E-state index in [1.165, 1.54) is 63.2 Å². The number of nitrogens with one attached hydrogen (secondary N) is 3. The van der Waals surface area contributed by atoms with Gasteiger partial charge in [-0.1, -0.05) is 61.4 Å². The quantitative estimate of drug-likeness (QED) is 0.0514. The lowest BCUT2D eigenvalue weighted by atomic mass is 9.82. The maximum Gasteiger partial charge on any atom is 0.248 e. The van der Waals surface area contributed by atoms with Crippen LogP contribution in [0.2, 0.25) is 0 Å². The Labute approximate surface area is 291 Å². The number of rotatable bonds is 17. The number of phenols is 1. The summed E-state index contributed by atoms with van der Waals surface area (Å²) >= 11 is 0. The van der Waals surface area contributed by atoms with Crippen molar-refractivity contribution in [3.8, 4) is 5.75 Å². The van der Waals surface area contributed by atoms with Crippen LogP contribution in [0.5, 0.6) is 5.75 Å². The van der Waals surface area contributed by atoms with Gasteiger partial charge in [-0.25, -0.2) is 0 Å². The Kier molecular flexibility index (Phi) is 12.3. The van der Waals surface area contributed by atoms with Crippen LogP contribution in [0.3, 0.4) is 0 Å². The van der Waals surface area contributed by atoms with Gasteiger partial charge in [-0.3, -0.25) is 4.79 Å². The summed E-state index contributed by atoms with van der Waals surface area (Å²) in [6, 6.07) is 17.9. The minimum atomic E-state index is -0.596. The number of aromatic hydroxyl groups is 1. The molecule has 264 valence electrons. The zero-order chi connectivity index (χ0) is 34.1. The van der Waals surface area contributed by atoms with Crippen LogP contribution in [0, 0.1) is 11.8 Å². The Hall–Kier alpha value is -3.43. The third kappa shape index (κ3) is 9.23. The molecule has 0 spiro atoms. The lowest BCUT2D eigenvalue weighted by Gasteiger charge is -2.52. The Bertz CT molecular complexity index is 1600. The van der Waals surface area contributed by atoms with Gasteiger partial charge in [0.25, 0.3) is 0 Å². The van der Waals surface area contributed by atoms with Crippen molar-refractivity contribution in [2.75, 3.05) is 45.9 Å². The molecule has 4 heterocycles. The fraction of sp³-hybridized carbons (Fsp3) is 0.537. The number of ether oxygens (including phenoxy) is 1. The van der Waals surface area contributed by atoms with Gasteiger partial charge in [0.15, 0.2) is 0 Å². The van der Waals surface area contributed by atoms with E-state index in [0.717, 1.165) is 72.7 Å². The molecule has 2 bridgehead atoms. The lowest BCUT2D eigenvalue weighted by molar-refractivity contribution is -0.947. The predicted molar refractivity (Wildman–Crippen MR) is 197 cm³/mol. The first-order valence-electron chi connectivity index (χ1n) is 18.8. The molecule has 3 saturated heterocycles. The average Bonchev–Trinajstić information content (AvgIpc) is 3.66. The van der Waals surface area contributed by atoms with Gasteiger partial charge in [0.2, 0.25) is 5.56 Å². The largest absolute Gasteiger partial charge is 0.506 e. The number of H-pyrrole nitrogens is 1. The number of hydrogen-bond acceptors (Lipinski definition) is 6. The highest BCUT2D eigenvalue weighted by Gasteiger charge is 2.46. The van der Waals surface area contributed by atoms with E-state index in [0.29, 0.717) is 29.9 Å². The molecule has 8 nitrogen and oxygen atoms in total. The maximum absolute atomic E-state index is 11.7. The number of pyridine rings is 1. The number of allylic oxidation sites excluding steroid dienone is 2. The van der Waals surface area contributed by atoms with Crippen molar-refractivity contribution >= 4 is 10.9 Å². The van der Waals surface area contributed by atoms with Gasteiger partial charge in [0.05, 0.1) is 31.8 Å². The number of fused-ring (bicyclic) bond motifs is 4. The smallest absolute Gasteiger partial charge is 0.248 e. The molecule has 3 atom stereocenters. The Morgan fingerprint density at radius 1 is 1.04 bits per heavy atom. The molecule has 1 aromatic heterocycles. The Balaban J connectivity index is 0.951. The molecular formula is C41H57N4O4+. The van der Waals surface area contributed by atoms with Crippen LogP contribution in [-0.2, 0) is 11.2 Å². The lowest BCUT2D eigenvalue weighted by Crippen LogP contribution is -2.65. The minimum Gasteiger partial charge on any atom is -0.506 e. The van der Waals surface area contributed by atoms with Crippen molar-refractivity contribution < 1.29 is 19.4 Å². The standard InChI is InChI=1S/C41H56N4O4/c1-2-9-34(14-8-23-42-24-19-32-15-17-37(46)41-35(32)16-18-39(47)44-41)43-40(48)22-27-45-25-20-33(21-26-45)38(28-45)49-29-36(31-12-6-7-13-31)30-10-4-3-5-11-30/h2-5,9-11,14-18,31,33,36,38,40,42-43,48H,6-8,12-13,19-29H2,1H3,(H-,44,46,47)/p+1/b9-2-,34-14+. The van der Waals surface area contributed by atoms with Crippen molar-refractivity contribution in [1.82, 2.24) is 15.6 Å². The SMILES string of the molecule is C/C=C\C(=C/CCNCCc1ccc(O)c2[nH]c(=O)ccc12)NC(O)CC[N+]12CCC(CC1)C(OCC(c1ccccc1)C1CCCC1)C2. The molecule has 7 rings (SSSR count). The van der Waals surface area contributed by atoms with E-state index < -0.39 is 6.23 Å². The summed E-state index contributed by atoms with van der Waals surface area (Å²) in [5.74, 6) is 2.00.